The topological polar surface area (TPSA) is 50.9 Å². The average molecular weight is 239 g/mol. The lowest BCUT2D eigenvalue weighted by Gasteiger charge is -1.98. The maximum atomic E-state index is 9.76. The molecule has 1 N–H and O–H groups in total. The van der Waals surface area contributed by atoms with Crippen molar-refractivity contribution >= 4 is 11.0 Å². The third-order valence-corrected chi connectivity index (χ3v) is 2.93. The van der Waals surface area contributed by atoms with Crippen LogP contribution in [0, 0.1) is 6.92 Å². The number of benzene rings is 2. The first-order chi connectivity index (χ1) is 8.74. The summed E-state index contributed by atoms with van der Waals surface area (Å²) in [6.07, 6.45) is 0. The van der Waals surface area contributed by atoms with Crippen LogP contribution in [0.15, 0.2) is 42.5 Å². The van der Waals surface area contributed by atoms with Crippen LogP contribution >= 0.6 is 0 Å². The Morgan fingerprint density at radius 1 is 1.00 bits per heavy atom. The molecule has 0 spiro atoms. The Bertz CT molecular complexity index is 650. The van der Waals surface area contributed by atoms with Crippen molar-refractivity contribution in [3.05, 3.63) is 53.6 Å². The molecular weight excluding hydrogens is 226 g/mol. The summed E-state index contributed by atoms with van der Waals surface area (Å²) >= 11 is 0. The third kappa shape index (κ3) is 1.82. The molecule has 1 heterocycles. The molecule has 1 aromatic heterocycles. The summed E-state index contributed by atoms with van der Waals surface area (Å²) in [6, 6.07) is 13.5. The summed E-state index contributed by atoms with van der Waals surface area (Å²) in [5.74, 6) is 0.176. The van der Waals surface area contributed by atoms with Crippen LogP contribution in [0.2, 0.25) is 0 Å². The molecule has 0 saturated heterocycles. The summed E-state index contributed by atoms with van der Waals surface area (Å²) in [6.45, 7) is 2.57. The molecule has 3 aromatic rings. The van der Waals surface area contributed by atoms with Crippen LogP contribution in [0.3, 0.4) is 0 Å². The molecule has 0 aliphatic heterocycles. The molecular formula is C14H13N3O. The summed E-state index contributed by atoms with van der Waals surface area (Å²) in [4.78, 5) is 1.62. The molecule has 2 aromatic carbocycles. The molecule has 4 nitrogen and oxygen atoms in total. The second kappa shape index (κ2) is 4.14. The van der Waals surface area contributed by atoms with E-state index in [2.05, 4.69) is 10.2 Å². The largest absolute Gasteiger partial charge is 0.506 e. The quantitative estimate of drug-likeness (QED) is 0.747. The number of rotatable bonds is 2. The summed E-state index contributed by atoms with van der Waals surface area (Å²) < 4.78 is 0. The van der Waals surface area contributed by atoms with Crippen LogP contribution in [0.1, 0.15) is 11.1 Å². The molecule has 0 aliphatic carbocycles. The highest BCUT2D eigenvalue weighted by Gasteiger charge is 2.09. The van der Waals surface area contributed by atoms with Gasteiger partial charge in [0.15, 0.2) is 5.52 Å². The van der Waals surface area contributed by atoms with E-state index in [1.54, 1.807) is 10.9 Å². The Kier molecular flexibility index (Phi) is 2.48. The first-order valence-corrected chi connectivity index (χ1v) is 5.81. The van der Waals surface area contributed by atoms with E-state index in [4.69, 9.17) is 0 Å². The first-order valence-electron chi connectivity index (χ1n) is 5.81. The van der Waals surface area contributed by atoms with Gasteiger partial charge < -0.3 is 5.11 Å². The lowest BCUT2D eigenvalue weighted by Crippen LogP contribution is -2.03. The van der Waals surface area contributed by atoms with E-state index < -0.39 is 0 Å². The monoisotopic (exact) mass is 239 g/mol. The average Bonchev–Trinajstić information content (AvgIpc) is 2.80. The van der Waals surface area contributed by atoms with Crippen LogP contribution in [-0.2, 0) is 6.54 Å². The minimum absolute atomic E-state index is 0.176. The number of aromatic nitrogens is 3. The van der Waals surface area contributed by atoms with Crippen LogP contribution in [0.5, 0.6) is 5.75 Å². The number of nitrogens with zero attached hydrogens (tertiary/aromatic N) is 3. The molecule has 0 bridgehead atoms. The van der Waals surface area contributed by atoms with Crippen molar-refractivity contribution in [2.45, 2.75) is 13.5 Å². The van der Waals surface area contributed by atoms with Gasteiger partial charge in [-0.3, -0.25) is 0 Å². The van der Waals surface area contributed by atoms with Crippen molar-refractivity contribution in [2.75, 3.05) is 0 Å². The summed E-state index contributed by atoms with van der Waals surface area (Å²) in [7, 11) is 0. The van der Waals surface area contributed by atoms with Gasteiger partial charge in [0.2, 0.25) is 0 Å². The Hall–Kier alpha value is -2.36. The standard InChI is InChI=1S/C14H13N3O/c1-10-7-8-12(18)14-13(10)15-17(16-14)9-11-5-3-2-4-6-11/h2-8,18H,9H2,1H3. The van der Waals surface area contributed by atoms with Gasteiger partial charge >= 0.3 is 0 Å². The smallest absolute Gasteiger partial charge is 0.155 e. The van der Waals surface area contributed by atoms with Crippen molar-refractivity contribution in [1.82, 2.24) is 15.0 Å². The summed E-state index contributed by atoms with van der Waals surface area (Å²) in [5.41, 5.74) is 3.47. The van der Waals surface area contributed by atoms with Crippen molar-refractivity contribution in [2.24, 2.45) is 0 Å². The van der Waals surface area contributed by atoms with E-state index in [0.717, 1.165) is 16.6 Å². The second-order valence-corrected chi connectivity index (χ2v) is 4.31. The molecule has 0 atom stereocenters. The fourth-order valence-electron chi connectivity index (χ4n) is 1.97. The number of phenolic OH excluding ortho intramolecular Hbond substituents is 1. The van der Waals surface area contributed by atoms with Crippen LogP contribution in [0.25, 0.3) is 11.0 Å². The Balaban J connectivity index is 2.04. The van der Waals surface area contributed by atoms with E-state index in [1.807, 2.05) is 43.3 Å². The zero-order chi connectivity index (χ0) is 12.5. The molecule has 18 heavy (non-hydrogen) atoms. The number of aryl methyl sites for hydroxylation is 1. The highest BCUT2D eigenvalue weighted by Crippen LogP contribution is 2.23. The highest BCUT2D eigenvalue weighted by molar-refractivity contribution is 5.83. The SMILES string of the molecule is Cc1ccc(O)c2nn(Cc3ccccc3)nc12. The number of fused-ring (bicyclic) bond motifs is 1. The fraction of sp³-hybridized carbons (Fsp3) is 0.143. The Labute approximate surface area is 104 Å². The second-order valence-electron chi connectivity index (χ2n) is 4.31. The number of aromatic hydroxyl groups is 1. The van der Waals surface area contributed by atoms with Gasteiger partial charge in [-0.15, -0.1) is 5.10 Å². The molecule has 90 valence electrons. The van der Waals surface area contributed by atoms with Gasteiger partial charge in [0.25, 0.3) is 0 Å². The Morgan fingerprint density at radius 2 is 1.72 bits per heavy atom. The maximum absolute atomic E-state index is 9.76. The molecule has 0 fully saturated rings. The molecule has 4 heteroatoms. The molecule has 0 aliphatic rings. The van der Waals surface area contributed by atoms with Crippen molar-refractivity contribution in [1.29, 1.82) is 0 Å². The van der Waals surface area contributed by atoms with Gasteiger partial charge in [-0.2, -0.15) is 9.90 Å². The van der Waals surface area contributed by atoms with Gasteiger partial charge in [-0.1, -0.05) is 36.4 Å². The van der Waals surface area contributed by atoms with Crippen LogP contribution < -0.4 is 0 Å². The normalized spacial score (nSPS) is 10.9. The predicted octanol–water partition coefficient (Wildman–Crippen LogP) is 2.49. The highest BCUT2D eigenvalue weighted by atomic mass is 16.3. The van der Waals surface area contributed by atoms with Crippen molar-refractivity contribution < 1.29 is 5.11 Å². The molecule has 0 amide bonds. The first kappa shape index (κ1) is 10.8. The van der Waals surface area contributed by atoms with Crippen molar-refractivity contribution in [3.63, 3.8) is 0 Å². The molecule has 3 rings (SSSR count). The van der Waals surface area contributed by atoms with Gasteiger partial charge in [-0.25, -0.2) is 0 Å². The lowest BCUT2D eigenvalue weighted by molar-refractivity contribution is 0.478. The molecule has 0 radical (unpaired) electrons. The summed E-state index contributed by atoms with van der Waals surface area (Å²) in [5, 5.41) is 18.5. The number of hydrogen-bond acceptors (Lipinski definition) is 3. The van der Waals surface area contributed by atoms with E-state index >= 15 is 0 Å². The third-order valence-electron chi connectivity index (χ3n) is 2.93. The van der Waals surface area contributed by atoms with E-state index in [1.165, 1.54) is 0 Å². The Morgan fingerprint density at radius 3 is 2.44 bits per heavy atom. The van der Waals surface area contributed by atoms with Gasteiger partial charge in [0.05, 0.1) is 6.54 Å². The zero-order valence-electron chi connectivity index (χ0n) is 10.0. The lowest BCUT2D eigenvalue weighted by atomic mass is 10.2. The number of phenols is 1. The molecule has 0 unspecified atom stereocenters. The minimum Gasteiger partial charge on any atom is -0.506 e. The van der Waals surface area contributed by atoms with E-state index in [9.17, 15) is 5.11 Å². The van der Waals surface area contributed by atoms with E-state index in [-0.39, 0.29) is 5.75 Å². The van der Waals surface area contributed by atoms with Crippen LogP contribution in [-0.4, -0.2) is 20.1 Å². The van der Waals surface area contributed by atoms with Gasteiger partial charge in [0, 0.05) is 0 Å². The maximum Gasteiger partial charge on any atom is 0.155 e. The van der Waals surface area contributed by atoms with Crippen LogP contribution in [0.4, 0.5) is 0 Å². The minimum atomic E-state index is 0.176. The number of hydrogen-bond donors (Lipinski definition) is 1. The zero-order valence-corrected chi connectivity index (χ0v) is 10.0. The van der Waals surface area contributed by atoms with Gasteiger partial charge in [0.1, 0.15) is 11.3 Å². The van der Waals surface area contributed by atoms with Crippen molar-refractivity contribution in [3.8, 4) is 5.75 Å². The van der Waals surface area contributed by atoms with E-state index in [0.29, 0.717) is 12.1 Å². The van der Waals surface area contributed by atoms with Gasteiger partial charge in [-0.05, 0) is 24.1 Å². The predicted molar refractivity (Wildman–Crippen MR) is 69.5 cm³/mol. The fourth-order valence-corrected chi connectivity index (χ4v) is 1.97. The molecule has 0 saturated carbocycles.